The van der Waals surface area contributed by atoms with Crippen LogP contribution in [0.4, 0.5) is 17.3 Å². The summed E-state index contributed by atoms with van der Waals surface area (Å²) < 4.78 is 0. The van der Waals surface area contributed by atoms with Crippen LogP contribution >= 0.6 is 0 Å². The normalized spacial score (nSPS) is 14.6. The molecule has 1 amide bonds. The highest BCUT2D eigenvalue weighted by atomic mass is 16.2. The van der Waals surface area contributed by atoms with Crippen molar-refractivity contribution in [2.75, 3.05) is 42.7 Å². The van der Waals surface area contributed by atoms with Crippen LogP contribution in [0.15, 0.2) is 30.6 Å². The fraction of sp³-hybridized carbons (Fsp3) is 0.421. The number of aromatic nitrogens is 2. The lowest BCUT2D eigenvalue weighted by molar-refractivity contribution is 0.0962. The molecule has 2 aromatic rings. The number of hydrogen-bond acceptors (Lipinski definition) is 7. The van der Waals surface area contributed by atoms with Crippen molar-refractivity contribution in [3.8, 4) is 0 Å². The van der Waals surface area contributed by atoms with Crippen molar-refractivity contribution < 1.29 is 4.79 Å². The molecule has 1 aromatic heterocycles. The van der Waals surface area contributed by atoms with Gasteiger partial charge in [0.1, 0.15) is 12.0 Å². The zero-order valence-electron chi connectivity index (χ0n) is 15.7. The number of amides is 1. The maximum absolute atomic E-state index is 12.3. The summed E-state index contributed by atoms with van der Waals surface area (Å²) in [5.74, 6) is 0.688. The molecule has 1 saturated heterocycles. The van der Waals surface area contributed by atoms with E-state index in [4.69, 9.17) is 5.73 Å². The number of piperidine rings is 1. The molecular formula is C19H27N7O. The number of nitrogen functional groups attached to an aromatic ring is 1. The molecule has 0 bridgehead atoms. The van der Waals surface area contributed by atoms with E-state index in [9.17, 15) is 4.79 Å². The highest BCUT2D eigenvalue weighted by Crippen LogP contribution is 2.21. The van der Waals surface area contributed by atoms with Gasteiger partial charge in [0.25, 0.3) is 5.91 Å². The van der Waals surface area contributed by atoms with Gasteiger partial charge in [0.2, 0.25) is 0 Å². The second kappa shape index (κ2) is 9.18. The quantitative estimate of drug-likeness (QED) is 0.553. The molecule has 1 fully saturated rings. The predicted octanol–water partition coefficient (Wildman–Crippen LogP) is 2.02. The van der Waals surface area contributed by atoms with Crippen LogP contribution in [0.1, 0.15) is 35.2 Å². The van der Waals surface area contributed by atoms with Gasteiger partial charge in [-0.1, -0.05) is 24.6 Å². The molecule has 0 radical (unpaired) electrons. The molecule has 2 heterocycles. The molecule has 8 nitrogen and oxygen atoms in total. The largest absolute Gasteiger partial charge is 0.393 e. The van der Waals surface area contributed by atoms with Crippen molar-refractivity contribution in [1.82, 2.24) is 20.3 Å². The van der Waals surface area contributed by atoms with Gasteiger partial charge in [-0.15, -0.1) is 0 Å². The van der Waals surface area contributed by atoms with E-state index in [-0.39, 0.29) is 5.91 Å². The van der Waals surface area contributed by atoms with E-state index < -0.39 is 0 Å². The first kappa shape index (κ1) is 18.9. The van der Waals surface area contributed by atoms with E-state index in [0.717, 1.165) is 31.7 Å². The molecule has 0 atom stereocenters. The Morgan fingerprint density at radius 2 is 1.89 bits per heavy atom. The third-order valence-corrected chi connectivity index (χ3v) is 4.74. The fourth-order valence-corrected chi connectivity index (χ4v) is 3.16. The number of carbonyl (C=O) groups is 1. The fourth-order valence-electron chi connectivity index (χ4n) is 3.16. The summed E-state index contributed by atoms with van der Waals surface area (Å²) in [5.41, 5.74) is 13.4. The SMILES string of the molecule is Cc1ccccc1C(=O)NNc1ncnc(NCCN2CCCCC2)c1N. The van der Waals surface area contributed by atoms with Gasteiger partial charge in [0, 0.05) is 18.7 Å². The van der Waals surface area contributed by atoms with Crippen LogP contribution in [0.2, 0.25) is 0 Å². The lowest BCUT2D eigenvalue weighted by Crippen LogP contribution is -2.34. The number of nitrogens with one attached hydrogen (secondary N) is 3. The summed E-state index contributed by atoms with van der Waals surface area (Å²) in [6.07, 6.45) is 5.28. The average molecular weight is 369 g/mol. The molecule has 1 aliphatic rings. The van der Waals surface area contributed by atoms with Crippen LogP contribution in [0.25, 0.3) is 0 Å². The molecule has 27 heavy (non-hydrogen) atoms. The number of benzene rings is 1. The maximum Gasteiger partial charge on any atom is 0.269 e. The van der Waals surface area contributed by atoms with Gasteiger partial charge in [-0.2, -0.15) is 0 Å². The van der Waals surface area contributed by atoms with Crippen LogP contribution in [-0.4, -0.2) is 47.0 Å². The zero-order chi connectivity index (χ0) is 19.1. The molecule has 144 valence electrons. The smallest absolute Gasteiger partial charge is 0.269 e. The van der Waals surface area contributed by atoms with E-state index >= 15 is 0 Å². The topological polar surface area (TPSA) is 108 Å². The molecule has 5 N–H and O–H groups in total. The van der Waals surface area contributed by atoms with Crippen LogP contribution < -0.4 is 21.9 Å². The van der Waals surface area contributed by atoms with E-state index in [2.05, 4.69) is 31.0 Å². The number of hydrazine groups is 1. The molecule has 0 saturated carbocycles. The minimum absolute atomic E-state index is 0.245. The predicted molar refractivity (Wildman–Crippen MR) is 107 cm³/mol. The monoisotopic (exact) mass is 369 g/mol. The highest BCUT2D eigenvalue weighted by molar-refractivity contribution is 5.96. The summed E-state index contributed by atoms with van der Waals surface area (Å²) >= 11 is 0. The van der Waals surface area contributed by atoms with E-state index in [1.807, 2.05) is 25.1 Å². The minimum atomic E-state index is -0.245. The summed E-state index contributed by atoms with van der Waals surface area (Å²) in [4.78, 5) is 23.1. The Kier molecular flexibility index (Phi) is 6.43. The van der Waals surface area contributed by atoms with Crippen LogP contribution in [-0.2, 0) is 0 Å². The molecule has 1 aromatic carbocycles. The Hall–Kier alpha value is -2.87. The van der Waals surface area contributed by atoms with Crippen LogP contribution in [0, 0.1) is 6.92 Å². The number of hydrogen-bond donors (Lipinski definition) is 4. The maximum atomic E-state index is 12.3. The molecule has 8 heteroatoms. The number of rotatable bonds is 7. The second-order valence-electron chi connectivity index (χ2n) is 6.71. The number of anilines is 3. The Morgan fingerprint density at radius 3 is 2.67 bits per heavy atom. The van der Waals surface area contributed by atoms with Crippen molar-refractivity contribution in [2.24, 2.45) is 0 Å². The summed E-state index contributed by atoms with van der Waals surface area (Å²) in [6, 6.07) is 7.37. The van der Waals surface area contributed by atoms with Crippen molar-refractivity contribution in [2.45, 2.75) is 26.2 Å². The van der Waals surface area contributed by atoms with Gasteiger partial charge < -0.3 is 16.0 Å². The van der Waals surface area contributed by atoms with Gasteiger partial charge in [-0.25, -0.2) is 9.97 Å². The summed E-state index contributed by atoms with van der Waals surface area (Å²) in [7, 11) is 0. The minimum Gasteiger partial charge on any atom is -0.393 e. The molecular weight excluding hydrogens is 342 g/mol. The number of aryl methyl sites for hydroxylation is 1. The third-order valence-electron chi connectivity index (χ3n) is 4.74. The Balaban J connectivity index is 1.54. The van der Waals surface area contributed by atoms with Gasteiger partial charge in [-0.05, 0) is 44.5 Å². The lowest BCUT2D eigenvalue weighted by atomic mass is 10.1. The van der Waals surface area contributed by atoms with E-state index in [0.29, 0.717) is 22.9 Å². The number of nitrogens with two attached hydrogens (primary N) is 1. The van der Waals surface area contributed by atoms with Gasteiger partial charge in [0.05, 0.1) is 0 Å². The van der Waals surface area contributed by atoms with E-state index in [1.54, 1.807) is 6.07 Å². The van der Waals surface area contributed by atoms with E-state index in [1.165, 1.54) is 25.6 Å². The average Bonchev–Trinajstić information content (AvgIpc) is 2.69. The molecule has 0 unspecified atom stereocenters. The third kappa shape index (κ3) is 5.07. The molecule has 3 rings (SSSR count). The first-order chi connectivity index (χ1) is 13.1. The zero-order valence-corrected chi connectivity index (χ0v) is 15.7. The first-order valence-corrected chi connectivity index (χ1v) is 9.34. The Bertz CT molecular complexity index is 774. The Labute approximate surface area is 159 Å². The standard InChI is InChI=1S/C19H27N7O/c1-14-7-3-4-8-15(14)19(27)25-24-18-16(20)17(22-13-23-18)21-9-12-26-10-5-2-6-11-26/h3-4,7-8,13H,2,5-6,9-12,20H2,1H3,(H,25,27)(H2,21,22,23,24). The summed E-state index contributed by atoms with van der Waals surface area (Å²) in [5, 5.41) is 3.26. The molecule has 0 spiro atoms. The molecule has 1 aliphatic heterocycles. The highest BCUT2D eigenvalue weighted by Gasteiger charge is 2.13. The second-order valence-corrected chi connectivity index (χ2v) is 6.71. The van der Waals surface area contributed by atoms with Crippen molar-refractivity contribution in [3.63, 3.8) is 0 Å². The molecule has 0 aliphatic carbocycles. The summed E-state index contributed by atoms with van der Waals surface area (Å²) in [6.45, 7) is 5.90. The number of likely N-dealkylation sites (tertiary alicyclic amines) is 1. The van der Waals surface area contributed by atoms with Gasteiger partial charge in [0.15, 0.2) is 11.6 Å². The lowest BCUT2D eigenvalue weighted by Gasteiger charge is -2.26. The van der Waals surface area contributed by atoms with Crippen LogP contribution in [0.5, 0.6) is 0 Å². The Morgan fingerprint density at radius 1 is 1.15 bits per heavy atom. The first-order valence-electron chi connectivity index (χ1n) is 9.34. The van der Waals surface area contributed by atoms with Crippen molar-refractivity contribution >= 4 is 23.2 Å². The van der Waals surface area contributed by atoms with Crippen molar-refractivity contribution in [3.05, 3.63) is 41.7 Å². The van der Waals surface area contributed by atoms with Gasteiger partial charge in [-0.3, -0.25) is 15.6 Å². The number of nitrogens with zero attached hydrogens (tertiary/aromatic N) is 3. The van der Waals surface area contributed by atoms with Gasteiger partial charge >= 0.3 is 0 Å². The van der Waals surface area contributed by atoms with Crippen LogP contribution in [0.3, 0.4) is 0 Å². The van der Waals surface area contributed by atoms with Crippen molar-refractivity contribution in [1.29, 1.82) is 0 Å². The number of carbonyl (C=O) groups excluding carboxylic acids is 1.